The van der Waals surface area contributed by atoms with E-state index in [9.17, 15) is 0 Å². The first-order valence-corrected chi connectivity index (χ1v) is 7.90. The van der Waals surface area contributed by atoms with Crippen LogP contribution >= 0.6 is 0 Å². The van der Waals surface area contributed by atoms with Crippen molar-refractivity contribution in [2.24, 2.45) is 17.3 Å². The topological polar surface area (TPSA) is 3.24 Å². The fourth-order valence-corrected chi connectivity index (χ4v) is 3.59. The second kappa shape index (κ2) is 6.23. The van der Waals surface area contributed by atoms with Crippen LogP contribution in [0.5, 0.6) is 0 Å². The Morgan fingerprint density at radius 3 is 2.44 bits per heavy atom. The molecule has 2 rings (SSSR count). The molecule has 0 N–H and O–H groups in total. The van der Waals surface area contributed by atoms with E-state index < -0.39 is 0 Å². The fraction of sp³-hybridized carbons (Fsp3) is 0.882. The first-order valence-electron chi connectivity index (χ1n) is 7.90. The van der Waals surface area contributed by atoms with Crippen molar-refractivity contribution in [3.8, 4) is 0 Å². The molecule has 0 aliphatic heterocycles. The van der Waals surface area contributed by atoms with E-state index in [1.165, 1.54) is 58.0 Å². The normalized spacial score (nSPS) is 28.8. The quantitative estimate of drug-likeness (QED) is 0.664. The van der Waals surface area contributed by atoms with Gasteiger partial charge in [0.15, 0.2) is 0 Å². The first kappa shape index (κ1) is 14.1. The highest BCUT2D eigenvalue weighted by Gasteiger charge is 2.27. The van der Waals surface area contributed by atoms with Gasteiger partial charge in [-0.25, -0.2) is 0 Å². The van der Waals surface area contributed by atoms with E-state index in [2.05, 4.69) is 37.9 Å². The van der Waals surface area contributed by atoms with E-state index in [4.69, 9.17) is 0 Å². The van der Waals surface area contributed by atoms with Crippen molar-refractivity contribution in [3.05, 3.63) is 12.2 Å². The van der Waals surface area contributed by atoms with Crippen LogP contribution in [0.15, 0.2) is 12.2 Å². The third-order valence-electron chi connectivity index (χ3n) is 4.93. The second-order valence-corrected chi connectivity index (χ2v) is 7.45. The zero-order chi connectivity index (χ0) is 13.0. The molecule has 0 saturated heterocycles. The van der Waals surface area contributed by atoms with Crippen molar-refractivity contribution < 1.29 is 0 Å². The molecule has 1 heteroatoms. The molecule has 0 aromatic carbocycles. The molecule has 1 fully saturated rings. The molecule has 1 unspecified atom stereocenters. The van der Waals surface area contributed by atoms with Gasteiger partial charge >= 0.3 is 0 Å². The first-order chi connectivity index (χ1) is 8.55. The second-order valence-electron chi connectivity index (χ2n) is 7.45. The molecular formula is C17H31N. The van der Waals surface area contributed by atoms with Crippen LogP contribution in [0.3, 0.4) is 0 Å². The Balaban J connectivity index is 1.69. The van der Waals surface area contributed by atoms with Crippen LogP contribution in [0, 0.1) is 17.3 Å². The van der Waals surface area contributed by atoms with E-state index in [-0.39, 0.29) is 0 Å². The van der Waals surface area contributed by atoms with Gasteiger partial charge in [-0.3, -0.25) is 0 Å². The summed E-state index contributed by atoms with van der Waals surface area (Å²) in [5.41, 5.74) is 0.612. The summed E-state index contributed by atoms with van der Waals surface area (Å²) in [6.45, 7) is 7.45. The Labute approximate surface area is 114 Å². The monoisotopic (exact) mass is 249 g/mol. The van der Waals surface area contributed by atoms with Crippen LogP contribution in [0.25, 0.3) is 0 Å². The molecule has 2 aliphatic rings. The summed E-state index contributed by atoms with van der Waals surface area (Å²) in [5.74, 6) is 1.78. The molecule has 0 spiro atoms. The van der Waals surface area contributed by atoms with Gasteiger partial charge in [0.05, 0.1) is 0 Å². The van der Waals surface area contributed by atoms with E-state index in [1.54, 1.807) is 0 Å². The summed E-state index contributed by atoms with van der Waals surface area (Å²) < 4.78 is 0. The molecule has 1 atom stereocenters. The molecule has 0 aromatic rings. The van der Waals surface area contributed by atoms with Crippen LogP contribution in [0.2, 0.25) is 0 Å². The molecule has 1 saturated carbocycles. The summed E-state index contributed by atoms with van der Waals surface area (Å²) in [4.78, 5) is 2.59. The molecule has 0 radical (unpaired) electrons. The van der Waals surface area contributed by atoms with E-state index in [0.29, 0.717) is 5.41 Å². The Hall–Kier alpha value is -0.300. The maximum Gasteiger partial charge on any atom is 0.00414 e. The zero-order valence-electron chi connectivity index (χ0n) is 12.6. The molecule has 18 heavy (non-hydrogen) atoms. The van der Waals surface area contributed by atoms with Crippen molar-refractivity contribution in [1.82, 2.24) is 4.90 Å². The minimum atomic E-state index is 0.612. The summed E-state index contributed by atoms with van der Waals surface area (Å²) in [6.07, 6.45) is 14.7. The zero-order valence-corrected chi connectivity index (χ0v) is 12.6. The predicted octanol–water partition coefficient (Wildman–Crippen LogP) is 4.49. The average molecular weight is 249 g/mol. The number of hydrogen-bond acceptors (Lipinski definition) is 1. The summed E-state index contributed by atoms with van der Waals surface area (Å²) in [5, 5.41) is 0. The minimum Gasteiger partial charge on any atom is -0.306 e. The molecule has 0 bridgehead atoms. The standard InChI is InChI=1S/C17H31N/c1-17(2)11-9-16(10-12-17)14-18(3)13-15-7-5-4-6-8-15/h5,7,15-16H,4,6,8-14H2,1-3H3. The lowest BCUT2D eigenvalue weighted by Gasteiger charge is -2.36. The highest BCUT2D eigenvalue weighted by Crippen LogP contribution is 2.38. The van der Waals surface area contributed by atoms with Crippen LogP contribution in [-0.2, 0) is 0 Å². The largest absolute Gasteiger partial charge is 0.306 e. The van der Waals surface area contributed by atoms with Gasteiger partial charge in [0.2, 0.25) is 0 Å². The Kier molecular flexibility index (Phi) is 4.89. The van der Waals surface area contributed by atoms with Crippen molar-refractivity contribution >= 4 is 0 Å². The fourth-order valence-electron chi connectivity index (χ4n) is 3.59. The van der Waals surface area contributed by atoms with Crippen molar-refractivity contribution in [1.29, 1.82) is 0 Å². The number of allylic oxidation sites excluding steroid dienone is 1. The summed E-state index contributed by atoms with van der Waals surface area (Å²) >= 11 is 0. The van der Waals surface area contributed by atoms with Gasteiger partial charge < -0.3 is 4.90 Å². The van der Waals surface area contributed by atoms with Gasteiger partial charge in [-0.2, -0.15) is 0 Å². The SMILES string of the molecule is CN(CC1C=CCCC1)CC1CCC(C)(C)CC1. The number of nitrogens with zero attached hydrogens (tertiary/aromatic N) is 1. The molecule has 104 valence electrons. The summed E-state index contributed by atoms with van der Waals surface area (Å²) in [7, 11) is 2.32. The number of rotatable bonds is 4. The van der Waals surface area contributed by atoms with E-state index >= 15 is 0 Å². The summed E-state index contributed by atoms with van der Waals surface area (Å²) in [6, 6.07) is 0. The highest BCUT2D eigenvalue weighted by atomic mass is 15.1. The predicted molar refractivity (Wildman–Crippen MR) is 79.7 cm³/mol. The molecule has 1 nitrogen and oxygen atoms in total. The molecule has 0 amide bonds. The maximum absolute atomic E-state index is 2.59. The average Bonchev–Trinajstić information content (AvgIpc) is 2.33. The van der Waals surface area contributed by atoms with Crippen LogP contribution in [0.4, 0.5) is 0 Å². The molecule has 0 aromatic heterocycles. The lowest BCUT2D eigenvalue weighted by Crippen LogP contribution is -2.33. The van der Waals surface area contributed by atoms with Crippen LogP contribution in [-0.4, -0.2) is 25.0 Å². The van der Waals surface area contributed by atoms with Gasteiger partial charge in [0.25, 0.3) is 0 Å². The Morgan fingerprint density at radius 1 is 1.11 bits per heavy atom. The van der Waals surface area contributed by atoms with Gasteiger partial charge in [0, 0.05) is 13.1 Å². The van der Waals surface area contributed by atoms with Crippen LogP contribution in [0.1, 0.15) is 58.8 Å². The Bertz CT molecular complexity index is 269. The minimum absolute atomic E-state index is 0.612. The van der Waals surface area contributed by atoms with Gasteiger partial charge in [-0.15, -0.1) is 0 Å². The highest BCUT2D eigenvalue weighted by molar-refractivity contribution is 4.94. The third-order valence-corrected chi connectivity index (χ3v) is 4.93. The number of hydrogen-bond donors (Lipinski definition) is 0. The van der Waals surface area contributed by atoms with Gasteiger partial charge in [-0.1, -0.05) is 26.0 Å². The molecule has 0 heterocycles. The Morgan fingerprint density at radius 2 is 1.83 bits per heavy atom. The van der Waals surface area contributed by atoms with Crippen molar-refractivity contribution in [3.63, 3.8) is 0 Å². The maximum atomic E-state index is 2.59. The van der Waals surface area contributed by atoms with Crippen molar-refractivity contribution in [2.45, 2.75) is 58.8 Å². The van der Waals surface area contributed by atoms with Gasteiger partial charge in [-0.05, 0) is 69.2 Å². The van der Waals surface area contributed by atoms with Gasteiger partial charge in [0.1, 0.15) is 0 Å². The smallest absolute Gasteiger partial charge is 0.00414 e. The van der Waals surface area contributed by atoms with E-state index in [0.717, 1.165) is 11.8 Å². The lowest BCUT2D eigenvalue weighted by atomic mass is 9.73. The molecule has 2 aliphatic carbocycles. The lowest BCUT2D eigenvalue weighted by molar-refractivity contribution is 0.150. The molecular weight excluding hydrogens is 218 g/mol. The van der Waals surface area contributed by atoms with E-state index in [1.807, 2.05) is 0 Å². The third kappa shape index (κ3) is 4.42. The van der Waals surface area contributed by atoms with Crippen LogP contribution < -0.4 is 0 Å². The van der Waals surface area contributed by atoms with Crippen molar-refractivity contribution in [2.75, 3.05) is 20.1 Å².